The SMILES string of the molecule is O=C(/C=C/c1cccc(Cl)c1)Nc1cccc(F)c1. The lowest BCUT2D eigenvalue weighted by Crippen LogP contribution is -2.07. The number of amides is 1. The molecule has 2 nitrogen and oxygen atoms in total. The van der Waals surface area contributed by atoms with Gasteiger partial charge < -0.3 is 5.32 Å². The van der Waals surface area contributed by atoms with Gasteiger partial charge in [0.15, 0.2) is 0 Å². The van der Waals surface area contributed by atoms with Gasteiger partial charge in [-0.15, -0.1) is 0 Å². The van der Waals surface area contributed by atoms with Crippen LogP contribution in [0.4, 0.5) is 10.1 Å². The lowest BCUT2D eigenvalue weighted by molar-refractivity contribution is -0.111. The summed E-state index contributed by atoms with van der Waals surface area (Å²) in [7, 11) is 0. The summed E-state index contributed by atoms with van der Waals surface area (Å²) in [5.74, 6) is -0.720. The second kappa shape index (κ2) is 6.16. The predicted octanol–water partition coefficient (Wildman–Crippen LogP) is 4.13. The van der Waals surface area contributed by atoms with Crippen molar-refractivity contribution in [3.63, 3.8) is 0 Å². The number of hydrogen-bond acceptors (Lipinski definition) is 1. The van der Waals surface area contributed by atoms with Crippen LogP contribution in [0.1, 0.15) is 5.56 Å². The van der Waals surface area contributed by atoms with Crippen molar-refractivity contribution in [2.24, 2.45) is 0 Å². The van der Waals surface area contributed by atoms with Crippen LogP contribution in [0.5, 0.6) is 0 Å². The van der Waals surface area contributed by atoms with Gasteiger partial charge in [0.05, 0.1) is 0 Å². The molecule has 1 N–H and O–H groups in total. The van der Waals surface area contributed by atoms with Crippen molar-refractivity contribution in [1.29, 1.82) is 0 Å². The molecular formula is C15H11ClFNO. The molecule has 0 saturated heterocycles. The van der Waals surface area contributed by atoms with Crippen LogP contribution in [0, 0.1) is 5.82 Å². The number of halogens is 2. The highest BCUT2D eigenvalue weighted by Gasteiger charge is 1.99. The van der Waals surface area contributed by atoms with Crippen molar-refractivity contribution >= 4 is 29.3 Å². The van der Waals surface area contributed by atoms with Gasteiger partial charge in [-0.2, -0.15) is 0 Å². The Labute approximate surface area is 115 Å². The van der Waals surface area contributed by atoms with Gasteiger partial charge in [0.25, 0.3) is 0 Å². The smallest absolute Gasteiger partial charge is 0.248 e. The molecule has 0 aliphatic heterocycles. The fourth-order valence-corrected chi connectivity index (χ4v) is 1.73. The molecule has 0 radical (unpaired) electrons. The first-order valence-electron chi connectivity index (χ1n) is 5.64. The molecular weight excluding hydrogens is 265 g/mol. The summed E-state index contributed by atoms with van der Waals surface area (Å²) in [5, 5.41) is 3.17. The molecule has 0 aromatic heterocycles. The van der Waals surface area contributed by atoms with E-state index >= 15 is 0 Å². The van der Waals surface area contributed by atoms with Crippen molar-refractivity contribution in [3.05, 3.63) is 71.0 Å². The number of carbonyl (C=O) groups excluding carboxylic acids is 1. The molecule has 0 bridgehead atoms. The standard InChI is InChI=1S/C15H11ClFNO/c16-12-4-1-3-11(9-12)7-8-15(19)18-14-6-2-5-13(17)10-14/h1-10H,(H,18,19)/b8-7+. The molecule has 4 heteroatoms. The molecule has 19 heavy (non-hydrogen) atoms. The van der Waals surface area contributed by atoms with E-state index in [0.29, 0.717) is 10.7 Å². The van der Waals surface area contributed by atoms with Crippen molar-refractivity contribution in [2.45, 2.75) is 0 Å². The van der Waals surface area contributed by atoms with Gasteiger partial charge in [-0.1, -0.05) is 29.8 Å². The van der Waals surface area contributed by atoms with Gasteiger partial charge in [0, 0.05) is 16.8 Å². The third-order valence-corrected chi connectivity index (χ3v) is 2.60. The lowest BCUT2D eigenvalue weighted by atomic mass is 10.2. The second-order valence-corrected chi connectivity index (χ2v) is 4.32. The summed E-state index contributed by atoms with van der Waals surface area (Å²) < 4.78 is 12.9. The first-order valence-corrected chi connectivity index (χ1v) is 6.01. The molecule has 0 aliphatic rings. The molecule has 96 valence electrons. The molecule has 2 aromatic rings. The minimum Gasteiger partial charge on any atom is -0.322 e. The summed E-state index contributed by atoms with van der Waals surface area (Å²) in [6.07, 6.45) is 3.01. The van der Waals surface area contributed by atoms with Crippen molar-refractivity contribution < 1.29 is 9.18 Å². The normalized spacial score (nSPS) is 10.6. The molecule has 0 spiro atoms. The lowest BCUT2D eigenvalue weighted by Gasteiger charge is -2.01. The zero-order valence-corrected chi connectivity index (χ0v) is 10.7. The zero-order valence-electron chi connectivity index (χ0n) is 9.94. The van der Waals surface area contributed by atoms with Crippen molar-refractivity contribution in [1.82, 2.24) is 0 Å². The van der Waals surface area contributed by atoms with Gasteiger partial charge >= 0.3 is 0 Å². The second-order valence-electron chi connectivity index (χ2n) is 3.89. The molecule has 1 amide bonds. The van der Waals surface area contributed by atoms with E-state index in [0.717, 1.165) is 5.56 Å². The van der Waals surface area contributed by atoms with Crippen LogP contribution in [-0.4, -0.2) is 5.91 Å². The predicted molar refractivity (Wildman–Crippen MR) is 75.5 cm³/mol. The zero-order chi connectivity index (χ0) is 13.7. The van der Waals surface area contributed by atoms with E-state index < -0.39 is 5.82 Å². The van der Waals surface area contributed by atoms with Crippen molar-refractivity contribution in [3.8, 4) is 0 Å². The van der Waals surface area contributed by atoms with Crippen LogP contribution >= 0.6 is 11.6 Å². The number of nitrogens with one attached hydrogen (secondary N) is 1. The summed E-state index contributed by atoms with van der Waals surface area (Å²) in [6, 6.07) is 12.9. The molecule has 2 aromatic carbocycles. The third-order valence-electron chi connectivity index (χ3n) is 2.37. The van der Waals surface area contributed by atoms with Crippen LogP contribution in [0.2, 0.25) is 5.02 Å². The minimum atomic E-state index is -0.392. The molecule has 0 heterocycles. The average Bonchev–Trinajstić information content (AvgIpc) is 2.36. The maximum atomic E-state index is 12.9. The van der Waals surface area contributed by atoms with E-state index in [-0.39, 0.29) is 5.91 Å². The van der Waals surface area contributed by atoms with Crippen LogP contribution in [0.3, 0.4) is 0 Å². The number of carbonyl (C=O) groups is 1. The van der Waals surface area contributed by atoms with E-state index in [2.05, 4.69) is 5.32 Å². The maximum Gasteiger partial charge on any atom is 0.248 e. The number of rotatable bonds is 3. The quantitative estimate of drug-likeness (QED) is 0.839. The van der Waals surface area contributed by atoms with Gasteiger partial charge in [-0.05, 0) is 42.0 Å². The molecule has 0 aliphatic carbocycles. The Morgan fingerprint density at radius 3 is 2.68 bits per heavy atom. The highest BCUT2D eigenvalue weighted by Crippen LogP contribution is 2.12. The summed E-state index contributed by atoms with van der Waals surface area (Å²) >= 11 is 5.83. The molecule has 0 atom stereocenters. The Morgan fingerprint density at radius 2 is 1.95 bits per heavy atom. The van der Waals surface area contributed by atoms with Crippen LogP contribution in [-0.2, 0) is 4.79 Å². The molecule has 0 unspecified atom stereocenters. The van der Waals surface area contributed by atoms with E-state index in [1.54, 1.807) is 30.3 Å². The average molecular weight is 276 g/mol. The van der Waals surface area contributed by atoms with Gasteiger partial charge in [0.2, 0.25) is 5.91 Å². The van der Waals surface area contributed by atoms with E-state index in [1.165, 1.54) is 24.3 Å². The largest absolute Gasteiger partial charge is 0.322 e. The Morgan fingerprint density at radius 1 is 1.16 bits per heavy atom. The third kappa shape index (κ3) is 4.23. The van der Waals surface area contributed by atoms with Gasteiger partial charge in [-0.3, -0.25) is 4.79 Å². The highest BCUT2D eigenvalue weighted by atomic mass is 35.5. The Kier molecular flexibility index (Phi) is 4.31. The van der Waals surface area contributed by atoms with Gasteiger partial charge in [-0.25, -0.2) is 4.39 Å². The van der Waals surface area contributed by atoms with E-state index in [9.17, 15) is 9.18 Å². The van der Waals surface area contributed by atoms with E-state index in [1.807, 2.05) is 6.07 Å². The van der Waals surface area contributed by atoms with Crippen LogP contribution < -0.4 is 5.32 Å². The molecule has 0 fully saturated rings. The molecule has 0 saturated carbocycles. The van der Waals surface area contributed by atoms with Crippen molar-refractivity contribution in [2.75, 3.05) is 5.32 Å². The number of hydrogen-bond donors (Lipinski definition) is 1. The fourth-order valence-electron chi connectivity index (χ4n) is 1.53. The Balaban J connectivity index is 2.01. The number of anilines is 1. The van der Waals surface area contributed by atoms with Crippen LogP contribution in [0.15, 0.2) is 54.6 Å². The topological polar surface area (TPSA) is 29.1 Å². The molecule has 2 rings (SSSR count). The van der Waals surface area contributed by atoms with Crippen LogP contribution in [0.25, 0.3) is 6.08 Å². The summed E-state index contributed by atoms with van der Waals surface area (Å²) in [5.41, 5.74) is 1.24. The summed E-state index contributed by atoms with van der Waals surface area (Å²) in [6.45, 7) is 0. The first kappa shape index (κ1) is 13.3. The Hall–Kier alpha value is -2.13. The number of benzene rings is 2. The fraction of sp³-hybridized carbons (Fsp3) is 0. The van der Waals surface area contributed by atoms with E-state index in [4.69, 9.17) is 11.6 Å². The maximum absolute atomic E-state index is 12.9. The first-order chi connectivity index (χ1) is 9.13. The minimum absolute atomic E-state index is 0.328. The van der Waals surface area contributed by atoms with Gasteiger partial charge in [0.1, 0.15) is 5.82 Å². The Bertz CT molecular complexity index is 625. The summed E-state index contributed by atoms with van der Waals surface area (Å²) in [4.78, 5) is 11.6. The highest BCUT2D eigenvalue weighted by molar-refractivity contribution is 6.30. The monoisotopic (exact) mass is 275 g/mol.